The van der Waals surface area contributed by atoms with Crippen molar-refractivity contribution in [3.63, 3.8) is 0 Å². The molecule has 350 valence electrons. The van der Waals surface area contributed by atoms with Crippen molar-refractivity contribution < 1.29 is 109 Å². The van der Waals surface area contributed by atoms with Crippen LogP contribution < -0.4 is 33.2 Å². The maximum atomic E-state index is 13.6. The molecule has 0 aliphatic carbocycles. The lowest BCUT2D eigenvalue weighted by Gasteiger charge is -2.48. The summed E-state index contributed by atoms with van der Waals surface area (Å²) >= 11 is 0. The molecule has 0 aromatic rings. The molecule has 3 heterocycles. The van der Waals surface area contributed by atoms with Crippen LogP contribution in [0.1, 0.15) is 38.5 Å². The SMILES string of the molecule is NC1[C@H](O[C@@H]2C(CO)O[C@@H](O[C@@H]3C(CO)O[C@@H](O)C(NC(=O)[C@H](CCC(=O)O)NC(=O)[C@H](CCC(=O)O)NC(=O)[C@@H](N)CCC(=O)O)[C@H]3O)C(N)[C@H]2O)OC(CO)[C@@H](O)[C@@H]1O. The lowest BCUT2D eigenvalue weighted by Crippen LogP contribution is -2.70. The van der Waals surface area contributed by atoms with Gasteiger partial charge in [0.2, 0.25) is 17.7 Å². The molecule has 0 bridgehead atoms. The van der Waals surface area contributed by atoms with E-state index in [2.05, 4.69) is 16.0 Å². The Morgan fingerprint density at radius 3 is 1.49 bits per heavy atom. The summed E-state index contributed by atoms with van der Waals surface area (Å²) in [6.45, 7) is -2.60. The van der Waals surface area contributed by atoms with E-state index in [1.165, 1.54) is 0 Å². The summed E-state index contributed by atoms with van der Waals surface area (Å²) in [5, 5.41) is 117. The molecule has 0 radical (unpaired) electrons. The normalized spacial score (nSPS) is 35.6. The Bertz CT molecular complexity index is 1500. The monoisotopic (exact) mass is 888 g/mol. The van der Waals surface area contributed by atoms with Crippen LogP contribution in [0.2, 0.25) is 0 Å². The number of nitrogens with two attached hydrogens (primary N) is 3. The van der Waals surface area contributed by atoms with Gasteiger partial charge in [-0.15, -0.1) is 0 Å². The Morgan fingerprint density at radius 2 is 0.984 bits per heavy atom. The molecule has 28 heteroatoms. The molecule has 0 spiro atoms. The van der Waals surface area contributed by atoms with Gasteiger partial charge < -0.3 is 113 Å². The van der Waals surface area contributed by atoms with E-state index in [0.29, 0.717) is 0 Å². The average Bonchev–Trinajstić information content (AvgIpc) is 3.21. The summed E-state index contributed by atoms with van der Waals surface area (Å²) in [6, 6.07) is -9.88. The van der Waals surface area contributed by atoms with E-state index < -0.39 is 198 Å². The average molecular weight is 889 g/mol. The molecular formula is C33H56N6O22. The van der Waals surface area contributed by atoms with Crippen LogP contribution in [0, 0.1) is 0 Å². The van der Waals surface area contributed by atoms with Gasteiger partial charge in [0.1, 0.15) is 73.1 Å². The maximum absolute atomic E-state index is 13.6. The van der Waals surface area contributed by atoms with Gasteiger partial charge in [0.25, 0.3) is 0 Å². The van der Waals surface area contributed by atoms with Crippen molar-refractivity contribution >= 4 is 35.6 Å². The predicted molar refractivity (Wildman–Crippen MR) is 194 cm³/mol. The van der Waals surface area contributed by atoms with Crippen molar-refractivity contribution in [2.45, 2.75) is 149 Å². The van der Waals surface area contributed by atoms with Crippen molar-refractivity contribution in [2.75, 3.05) is 19.8 Å². The first-order valence-electron chi connectivity index (χ1n) is 19.0. The number of amides is 3. The third-order valence-corrected chi connectivity index (χ3v) is 10.2. The largest absolute Gasteiger partial charge is 0.481 e. The zero-order valence-corrected chi connectivity index (χ0v) is 32.4. The first-order chi connectivity index (χ1) is 28.6. The van der Waals surface area contributed by atoms with E-state index >= 15 is 0 Å². The van der Waals surface area contributed by atoms with Crippen LogP contribution in [0.25, 0.3) is 0 Å². The van der Waals surface area contributed by atoms with Crippen LogP contribution in [0.3, 0.4) is 0 Å². The first kappa shape index (κ1) is 51.5. The lowest BCUT2D eigenvalue weighted by molar-refractivity contribution is -0.348. The Balaban J connectivity index is 1.79. The molecule has 3 aliphatic heterocycles. The Hall–Kier alpha value is -3.82. The molecule has 3 saturated heterocycles. The molecule has 3 rings (SSSR count). The van der Waals surface area contributed by atoms with Gasteiger partial charge in [-0.3, -0.25) is 28.8 Å². The molecule has 20 N–H and O–H groups in total. The molecule has 61 heavy (non-hydrogen) atoms. The highest BCUT2D eigenvalue weighted by Crippen LogP contribution is 2.31. The van der Waals surface area contributed by atoms with Crippen molar-refractivity contribution in [2.24, 2.45) is 17.2 Å². The third-order valence-electron chi connectivity index (χ3n) is 10.2. The fourth-order valence-corrected chi connectivity index (χ4v) is 6.62. The molecule has 3 aliphatic rings. The minimum Gasteiger partial charge on any atom is -0.481 e. The van der Waals surface area contributed by atoms with Gasteiger partial charge in [0, 0.05) is 19.3 Å². The summed E-state index contributed by atoms with van der Waals surface area (Å²) < 4.78 is 28.0. The lowest BCUT2D eigenvalue weighted by atomic mass is 9.94. The van der Waals surface area contributed by atoms with Crippen LogP contribution in [-0.4, -0.2) is 222 Å². The van der Waals surface area contributed by atoms with Crippen LogP contribution in [0.15, 0.2) is 0 Å². The zero-order valence-electron chi connectivity index (χ0n) is 32.4. The second kappa shape index (κ2) is 23.6. The number of carboxylic acid groups (broad SMARTS) is 3. The Kier molecular flexibility index (Phi) is 19.9. The number of carbonyl (C=O) groups is 6. The summed E-state index contributed by atoms with van der Waals surface area (Å²) in [4.78, 5) is 73.3. The molecule has 0 aromatic heterocycles. The highest BCUT2D eigenvalue weighted by molar-refractivity contribution is 5.93. The molecule has 3 amide bonds. The molecule has 3 fully saturated rings. The molecule has 28 nitrogen and oxygen atoms in total. The number of hydrogen-bond acceptors (Lipinski definition) is 22. The second-order valence-electron chi connectivity index (χ2n) is 14.6. The molecule has 0 saturated carbocycles. The topological polar surface area (TPSA) is 485 Å². The van der Waals surface area contributed by atoms with Crippen molar-refractivity contribution in [1.82, 2.24) is 16.0 Å². The third kappa shape index (κ3) is 13.8. The first-order valence-corrected chi connectivity index (χ1v) is 19.0. The number of rotatable bonds is 22. The summed E-state index contributed by atoms with van der Waals surface area (Å²) in [7, 11) is 0. The maximum Gasteiger partial charge on any atom is 0.303 e. The van der Waals surface area contributed by atoms with Crippen LogP contribution in [0.5, 0.6) is 0 Å². The fourth-order valence-electron chi connectivity index (χ4n) is 6.62. The summed E-state index contributed by atoms with van der Waals surface area (Å²) in [6.07, 6.45) is -23.9. The smallest absolute Gasteiger partial charge is 0.303 e. The minimum absolute atomic E-state index is 0.361. The van der Waals surface area contributed by atoms with Gasteiger partial charge in [0.05, 0.1) is 37.9 Å². The second-order valence-corrected chi connectivity index (χ2v) is 14.6. The van der Waals surface area contributed by atoms with Gasteiger partial charge in [0.15, 0.2) is 18.9 Å². The number of carbonyl (C=O) groups excluding carboxylic acids is 3. The molecular weight excluding hydrogens is 832 g/mol. The van der Waals surface area contributed by atoms with Crippen molar-refractivity contribution in [3.8, 4) is 0 Å². The number of nitrogens with one attached hydrogen (secondary N) is 3. The molecule has 6 unspecified atom stereocenters. The van der Waals surface area contributed by atoms with Gasteiger partial charge in [-0.25, -0.2) is 0 Å². The van der Waals surface area contributed by atoms with Crippen molar-refractivity contribution in [1.29, 1.82) is 0 Å². The van der Waals surface area contributed by atoms with E-state index in [9.17, 15) is 79.8 Å². The summed E-state index contributed by atoms with van der Waals surface area (Å²) in [5.74, 6) is -7.61. The number of aliphatic carboxylic acids is 3. The summed E-state index contributed by atoms with van der Waals surface area (Å²) in [5.41, 5.74) is 17.8. The van der Waals surface area contributed by atoms with Crippen LogP contribution in [-0.2, 0) is 52.5 Å². The number of hydrogen-bond donors (Lipinski definition) is 17. The van der Waals surface area contributed by atoms with Crippen molar-refractivity contribution in [3.05, 3.63) is 0 Å². The van der Waals surface area contributed by atoms with Gasteiger partial charge >= 0.3 is 17.9 Å². The van der Waals surface area contributed by atoms with E-state index in [-0.39, 0.29) is 6.42 Å². The van der Waals surface area contributed by atoms with E-state index in [0.717, 1.165) is 0 Å². The highest BCUT2D eigenvalue weighted by Gasteiger charge is 2.53. The zero-order chi connectivity index (χ0) is 45.9. The van der Waals surface area contributed by atoms with Gasteiger partial charge in [-0.1, -0.05) is 0 Å². The van der Waals surface area contributed by atoms with Gasteiger partial charge in [-0.2, -0.15) is 0 Å². The quantitative estimate of drug-likeness (QED) is 0.0480. The van der Waals surface area contributed by atoms with E-state index in [1.807, 2.05) is 0 Å². The standard InChI is InChI=1S/C33H56N6O22/c34-10(1-4-16(43)44)28(53)37-11(2-5-17(45)46)29(54)38-12(3-6-18(47)48)30(55)39-21-25(52)27(14(8-41)57-31(21)56)61-33-20(36)24(51)26(15(9-42)59-33)60-32-19(35)23(50)22(49)13(7-40)58-32/h10-15,19-27,31-33,40-42,49-52,56H,1-9,34-36H2,(H,37,53)(H,38,54)(H,39,55)(H,43,44)(H,45,46)(H,47,48)/t10-,11-,12-,13?,14?,15?,19?,20?,21?,22+,23+,24+,25+,26+,27+,31+,32-,33-/m0/s1. The van der Waals surface area contributed by atoms with E-state index in [1.54, 1.807) is 0 Å². The van der Waals surface area contributed by atoms with E-state index in [4.69, 9.17) is 46.0 Å². The van der Waals surface area contributed by atoms with Gasteiger partial charge in [-0.05, 0) is 19.3 Å². The minimum atomic E-state index is -2.12. The Morgan fingerprint density at radius 1 is 0.557 bits per heavy atom. The number of carboxylic acids is 3. The number of aliphatic hydroxyl groups excluding tert-OH is 8. The molecule has 0 aromatic carbocycles. The fraction of sp³-hybridized carbons (Fsp3) is 0.818. The van der Waals surface area contributed by atoms with Crippen LogP contribution >= 0.6 is 0 Å². The predicted octanol–water partition coefficient (Wildman–Crippen LogP) is -9.63. The Labute approximate surface area is 345 Å². The number of aliphatic hydroxyl groups is 8. The molecule has 18 atom stereocenters. The number of ether oxygens (including phenoxy) is 5. The highest BCUT2D eigenvalue weighted by atomic mass is 16.7. The van der Waals surface area contributed by atoms with Crippen LogP contribution in [0.4, 0.5) is 0 Å².